The summed E-state index contributed by atoms with van der Waals surface area (Å²) in [6.07, 6.45) is 8.95. The minimum absolute atomic E-state index is 0.196. The molecule has 1 aromatic rings. The predicted molar refractivity (Wildman–Crippen MR) is 94.8 cm³/mol. The number of hydrogen-bond donors (Lipinski definition) is 1. The van der Waals surface area contributed by atoms with Crippen molar-refractivity contribution in [3.63, 3.8) is 0 Å². The van der Waals surface area contributed by atoms with E-state index in [1.165, 1.54) is 49.7 Å². The maximum absolute atomic E-state index is 12.2. The van der Waals surface area contributed by atoms with Gasteiger partial charge in [0.1, 0.15) is 0 Å². The molecule has 0 aromatic heterocycles. The first-order chi connectivity index (χ1) is 10.6. The van der Waals surface area contributed by atoms with Crippen molar-refractivity contribution in [2.75, 3.05) is 23.3 Å². The molecular formula is C19H30N2O. The van der Waals surface area contributed by atoms with E-state index in [1.807, 2.05) is 4.90 Å². The lowest BCUT2D eigenvalue weighted by molar-refractivity contribution is -0.117. The summed E-state index contributed by atoms with van der Waals surface area (Å²) in [5.41, 5.74) is 4.69. The Balaban J connectivity index is 1.88. The van der Waals surface area contributed by atoms with Crippen LogP contribution in [-0.4, -0.2) is 19.0 Å². The van der Waals surface area contributed by atoms with Crippen molar-refractivity contribution in [1.29, 1.82) is 0 Å². The summed E-state index contributed by atoms with van der Waals surface area (Å²) in [6, 6.07) is 4.31. The lowest BCUT2D eigenvalue weighted by atomic mass is 10.0. The molecule has 1 amide bonds. The number of carbonyl (C=O) groups excluding carboxylic acids is 1. The van der Waals surface area contributed by atoms with Gasteiger partial charge in [-0.3, -0.25) is 4.79 Å². The molecule has 0 spiro atoms. The Kier molecular flexibility index (Phi) is 6.29. The Bertz CT molecular complexity index is 510. The van der Waals surface area contributed by atoms with E-state index in [4.69, 9.17) is 0 Å². The molecule has 2 rings (SSSR count). The molecule has 1 heterocycles. The van der Waals surface area contributed by atoms with E-state index >= 15 is 0 Å². The lowest BCUT2D eigenvalue weighted by Crippen LogP contribution is -2.40. The molecule has 3 heteroatoms. The van der Waals surface area contributed by atoms with Gasteiger partial charge in [0.25, 0.3) is 0 Å². The van der Waals surface area contributed by atoms with Crippen molar-refractivity contribution >= 4 is 17.3 Å². The van der Waals surface area contributed by atoms with E-state index in [2.05, 4.69) is 38.2 Å². The quantitative estimate of drug-likeness (QED) is 0.699. The molecule has 0 bridgehead atoms. The number of anilines is 2. The summed E-state index contributed by atoms with van der Waals surface area (Å²) < 4.78 is 0. The average molecular weight is 302 g/mol. The zero-order valence-electron chi connectivity index (χ0n) is 14.4. The van der Waals surface area contributed by atoms with Gasteiger partial charge < -0.3 is 10.2 Å². The first kappa shape index (κ1) is 16.9. The number of amides is 1. The second-order valence-electron chi connectivity index (χ2n) is 6.47. The van der Waals surface area contributed by atoms with Crippen LogP contribution in [-0.2, 0) is 4.79 Å². The first-order valence-electron chi connectivity index (χ1n) is 8.79. The number of nitrogens with one attached hydrogen (secondary N) is 1. The van der Waals surface area contributed by atoms with Crippen LogP contribution in [0.4, 0.5) is 11.4 Å². The summed E-state index contributed by atoms with van der Waals surface area (Å²) in [6.45, 7) is 7.75. The van der Waals surface area contributed by atoms with Crippen molar-refractivity contribution in [2.45, 2.75) is 65.7 Å². The number of aryl methyl sites for hydroxylation is 2. The zero-order valence-corrected chi connectivity index (χ0v) is 14.4. The smallest absolute Gasteiger partial charge is 0.246 e. The highest BCUT2D eigenvalue weighted by Gasteiger charge is 2.23. The third-order valence-electron chi connectivity index (χ3n) is 4.62. The lowest BCUT2D eigenvalue weighted by Gasteiger charge is -2.31. The van der Waals surface area contributed by atoms with Crippen LogP contribution in [0, 0.1) is 13.8 Å². The number of fused-ring (bicyclic) bond motifs is 1. The normalized spacial score (nSPS) is 14.0. The van der Waals surface area contributed by atoms with Gasteiger partial charge in [-0.05, 0) is 43.5 Å². The molecule has 1 aliphatic heterocycles. The van der Waals surface area contributed by atoms with Gasteiger partial charge in [-0.25, -0.2) is 0 Å². The Hall–Kier alpha value is -1.51. The fourth-order valence-electron chi connectivity index (χ4n) is 3.04. The van der Waals surface area contributed by atoms with Gasteiger partial charge >= 0.3 is 0 Å². The molecule has 1 aliphatic rings. The summed E-state index contributed by atoms with van der Waals surface area (Å²) in [5, 5.41) is 3.24. The molecule has 1 aromatic carbocycles. The van der Waals surface area contributed by atoms with Crippen molar-refractivity contribution in [3.05, 3.63) is 23.3 Å². The molecule has 0 fully saturated rings. The summed E-state index contributed by atoms with van der Waals surface area (Å²) in [7, 11) is 0. The van der Waals surface area contributed by atoms with Crippen molar-refractivity contribution < 1.29 is 4.79 Å². The molecule has 0 saturated carbocycles. The van der Waals surface area contributed by atoms with Gasteiger partial charge in [0.05, 0.1) is 17.9 Å². The number of unbranched alkanes of at least 4 members (excludes halogenated alkanes) is 6. The molecule has 0 unspecified atom stereocenters. The second-order valence-corrected chi connectivity index (χ2v) is 6.47. The van der Waals surface area contributed by atoms with Crippen molar-refractivity contribution in [3.8, 4) is 0 Å². The number of nitrogens with zero attached hydrogens (tertiary/aromatic N) is 1. The fourth-order valence-corrected chi connectivity index (χ4v) is 3.04. The third-order valence-corrected chi connectivity index (χ3v) is 4.62. The van der Waals surface area contributed by atoms with E-state index in [9.17, 15) is 4.79 Å². The van der Waals surface area contributed by atoms with Crippen LogP contribution >= 0.6 is 0 Å². The molecule has 122 valence electrons. The SMILES string of the molecule is CCCCCCCCCN1C(=O)CNc2cc(C)c(C)cc21. The van der Waals surface area contributed by atoms with Crippen molar-refractivity contribution in [2.24, 2.45) is 0 Å². The molecule has 22 heavy (non-hydrogen) atoms. The highest BCUT2D eigenvalue weighted by Crippen LogP contribution is 2.32. The molecule has 1 N–H and O–H groups in total. The molecular weight excluding hydrogens is 272 g/mol. The number of rotatable bonds is 8. The Morgan fingerprint density at radius 2 is 1.64 bits per heavy atom. The monoisotopic (exact) mass is 302 g/mol. The highest BCUT2D eigenvalue weighted by molar-refractivity contribution is 6.02. The van der Waals surface area contributed by atoms with E-state index in [0.717, 1.165) is 24.3 Å². The Labute approximate surface area is 135 Å². The van der Waals surface area contributed by atoms with Crippen LogP contribution in [0.5, 0.6) is 0 Å². The molecule has 3 nitrogen and oxygen atoms in total. The minimum Gasteiger partial charge on any atom is -0.374 e. The molecule has 0 radical (unpaired) electrons. The van der Waals surface area contributed by atoms with Gasteiger partial charge in [0, 0.05) is 6.54 Å². The van der Waals surface area contributed by atoms with Gasteiger partial charge in [-0.1, -0.05) is 45.4 Å². The van der Waals surface area contributed by atoms with Gasteiger partial charge in [0.15, 0.2) is 0 Å². The number of carbonyl (C=O) groups is 1. The number of hydrogen-bond acceptors (Lipinski definition) is 2. The molecule has 0 atom stereocenters. The highest BCUT2D eigenvalue weighted by atomic mass is 16.2. The van der Waals surface area contributed by atoms with Crippen LogP contribution in [0.15, 0.2) is 12.1 Å². The maximum atomic E-state index is 12.2. The summed E-state index contributed by atoms with van der Waals surface area (Å²) in [4.78, 5) is 14.2. The average Bonchev–Trinajstić information content (AvgIpc) is 2.50. The van der Waals surface area contributed by atoms with E-state index in [1.54, 1.807) is 0 Å². The zero-order chi connectivity index (χ0) is 15.9. The molecule has 0 saturated heterocycles. The topological polar surface area (TPSA) is 32.3 Å². The second kappa shape index (κ2) is 8.21. The largest absolute Gasteiger partial charge is 0.374 e. The van der Waals surface area contributed by atoms with Crippen LogP contribution in [0.25, 0.3) is 0 Å². The maximum Gasteiger partial charge on any atom is 0.246 e. The Morgan fingerprint density at radius 3 is 2.36 bits per heavy atom. The standard InChI is InChI=1S/C19H30N2O/c1-4-5-6-7-8-9-10-11-21-18-13-16(3)15(2)12-17(18)20-14-19(21)22/h12-13,20H,4-11,14H2,1-3H3. The first-order valence-corrected chi connectivity index (χ1v) is 8.79. The van der Waals surface area contributed by atoms with Crippen LogP contribution < -0.4 is 10.2 Å². The van der Waals surface area contributed by atoms with E-state index < -0.39 is 0 Å². The summed E-state index contributed by atoms with van der Waals surface area (Å²) >= 11 is 0. The predicted octanol–water partition coefficient (Wildman–Crippen LogP) is 4.81. The van der Waals surface area contributed by atoms with Crippen molar-refractivity contribution in [1.82, 2.24) is 0 Å². The molecule has 0 aliphatic carbocycles. The van der Waals surface area contributed by atoms with E-state index in [0.29, 0.717) is 6.54 Å². The fraction of sp³-hybridized carbons (Fsp3) is 0.632. The van der Waals surface area contributed by atoms with Crippen LogP contribution in [0.3, 0.4) is 0 Å². The van der Waals surface area contributed by atoms with Gasteiger partial charge in [-0.2, -0.15) is 0 Å². The third kappa shape index (κ3) is 4.25. The number of benzene rings is 1. The van der Waals surface area contributed by atoms with Crippen LogP contribution in [0.1, 0.15) is 63.0 Å². The Morgan fingerprint density at radius 1 is 1.00 bits per heavy atom. The van der Waals surface area contributed by atoms with E-state index in [-0.39, 0.29) is 5.91 Å². The van der Waals surface area contributed by atoms with Crippen LogP contribution in [0.2, 0.25) is 0 Å². The summed E-state index contributed by atoms with van der Waals surface area (Å²) in [5.74, 6) is 0.196. The van der Waals surface area contributed by atoms with Gasteiger partial charge in [0.2, 0.25) is 5.91 Å². The minimum atomic E-state index is 0.196. The van der Waals surface area contributed by atoms with Gasteiger partial charge in [-0.15, -0.1) is 0 Å².